The second kappa shape index (κ2) is 6.93. The molecule has 3 aromatic rings. The van der Waals surface area contributed by atoms with Gasteiger partial charge in [0.1, 0.15) is 12.2 Å². The van der Waals surface area contributed by atoms with Gasteiger partial charge in [-0.3, -0.25) is 19.3 Å². The van der Waals surface area contributed by atoms with Crippen LogP contribution in [0.5, 0.6) is 5.75 Å². The number of benzene rings is 2. The molecule has 1 fully saturated rings. The molecule has 8 heteroatoms. The van der Waals surface area contributed by atoms with Crippen molar-refractivity contribution in [2.24, 2.45) is 5.92 Å². The molecule has 2 unspecified atom stereocenters. The Balaban J connectivity index is 1.55. The van der Waals surface area contributed by atoms with E-state index in [4.69, 9.17) is 0 Å². The van der Waals surface area contributed by atoms with E-state index in [9.17, 15) is 19.1 Å². The molecule has 2 atom stereocenters. The van der Waals surface area contributed by atoms with Crippen molar-refractivity contribution in [2.75, 3.05) is 11.7 Å². The van der Waals surface area contributed by atoms with Gasteiger partial charge in [-0.25, -0.2) is 8.78 Å². The van der Waals surface area contributed by atoms with Gasteiger partial charge in [0.15, 0.2) is 23.1 Å². The van der Waals surface area contributed by atoms with Crippen molar-refractivity contribution in [1.82, 2.24) is 9.58 Å². The predicted octanol–water partition coefficient (Wildman–Crippen LogP) is 3.41. The first kappa shape index (κ1) is 20.7. The Bertz CT molecular complexity index is 1480. The van der Waals surface area contributed by atoms with Crippen LogP contribution in [0.15, 0.2) is 53.5 Å². The van der Waals surface area contributed by atoms with Crippen LogP contribution in [0.1, 0.15) is 52.0 Å². The van der Waals surface area contributed by atoms with Gasteiger partial charge >= 0.3 is 0 Å². The van der Waals surface area contributed by atoms with Crippen molar-refractivity contribution in [3.63, 3.8) is 0 Å². The number of nitrogens with zero attached hydrogens (tertiary/aromatic N) is 3. The first-order valence-electron chi connectivity index (χ1n) is 12.0. The van der Waals surface area contributed by atoms with Gasteiger partial charge in [0.2, 0.25) is 5.43 Å². The number of aromatic nitrogens is 1. The minimum absolute atomic E-state index is 0.00535. The van der Waals surface area contributed by atoms with E-state index in [0.29, 0.717) is 24.0 Å². The molecule has 1 aromatic heterocycles. The van der Waals surface area contributed by atoms with Crippen molar-refractivity contribution in [2.45, 2.75) is 43.7 Å². The summed E-state index contributed by atoms with van der Waals surface area (Å²) in [6, 6.07) is 12.0. The molecule has 0 saturated heterocycles. The third-order valence-electron chi connectivity index (χ3n) is 8.53. The summed E-state index contributed by atoms with van der Waals surface area (Å²) in [5.74, 6) is -2.80. The maximum atomic E-state index is 15.1. The number of hydrogen-bond acceptors (Lipinski definition) is 4. The topological polar surface area (TPSA) is 65.8 Å². The largest absolute Gasteiger partial charge is 0.502 e. The van der Waals surface area contributed by atoms with Gasteiger partial charge < -0.3 is 10.0 Å². The highest BCUT2D eigenvalue weighted by atomic mass is 19.2. The van der Waals surface area contributed by atoms with Crippen molar-refractivity contribution < 1.29 is 18.7 Å². The molecule has 6 nitrogen and oxygen atoms in total. The van der Waals surface area contributed by atoms with E-state index in [1.54, 1.807) is 15.6 Å². The first-order chi connectivity index (χ1) is 16.9. The fourth-order valence-electron chi connectivity index (χ4n) is 6.76. The summed E-state index contributed by atoms with van der Waals surface area (Å²) in [5.41, 5.74) is 1.51. The Kier molecular flexibility index (Phi) is 4.09. The molecule has 0 spiro atoms. The summed E-state index contributed by atoms with van der Waals surface area (Å²) in [6.07, 6.45) is 5.23. The average Bonchev–Trinajstić information content (AvgIpc) is 3.31. The molecular formula is C27H23F2N3O3. The van der Waals surface area contributed by atoms with Gasteiger partial charge in [0.05, 0.1) is 0 Å². The smallest absolute Gasteiger partial charge is 0.278 e. The second-order valence-corrected chi connectivity index (χ2v) is 10.0. The van der Waals surface area contributed by atoms with Crippen molar-refractivity contribution in [3.8, 4) is 5.75 Å². The fourth-order valence-corrected chi connectivity index (χ4v) is 6.76. The van der Waals surface area contributed by atoms with Crippen LogP contribution in [0.3, 0.4) is 0 Å². The number of halogens is 2. The lowest BCUT2D eigenvalue weighted by Gasteiger charge is -2.53. The van der Waals surface area contributed by atoms with Crippen LogP contribution in [0.4, 0.5) is 8.78 Å². The van der Waals surface area contributed by atoms with Gasteiger partial charge in [-0.15, -0.1) is 0 Å². The van der Waals surface area contributed by atoms with E-state index in [1.165, 1.54) is 18.3 Å². The lowest BCUT2D eigenvalue weighted by molar-refractivity contribution is 0.0437. The summed E-state index contributed by atoms with van der Waals surface area (Å²) in [7, 11) is 0. The van der Waals surface area contributed by atoms with Crippen LogP contribution in [0.25, 0.3) is 0 Å². The second-order valence-electron chi connectivity index (χ2n) is 10.0. The number of aromatic hydroxyl groups is 1. The summed E-state index contributed by atoms with van der Waals surface area (Å²) in [6.45, 7) is 0.210. The summed E-state index contributed by atoms with van der Waals surface area (Å²) < 4.78 is 31.0. The van der Waals surface area contributed by atoms with Crippen LogP contribution in [0, 0.1) is 17.6 Å². The highest BCUT2D eigenvalue weighted by Crippen LogP contribution is 2.57. The summed E-state index contributed by atoms with van der Waals surface area (Å²) >= 11 is 0. The molecule has 2 aromatic carbocycles. The Morgan fingerprint density at radius 3 is 2.54 bits per heavy atom. The van der Waals surface area contributed by atoms with Gasteiger partial charge in [0.25, 0.3) is 5.91 Å². The molecule has 4 aliphatic rings. The maximum Gasteiger partial charge on any atom is 0.278 e. The number of fused-ring (bicyclic) bond motifs is 6. The third kappa shape index (κ3) is 2.47. The van der Waals surface area contributed by atoms with Gasteiger partial charge in [-0.2, -0.15) is 0 Å². The lowest BCUT2D eigenvalue weighted by Crippen LogP contribution is -2.65. The maximum absolute atomic E-state index is 15.1. The third-order valence-corrected chi connectivity index (χ3v) is 8.53. The number of amides is 1. The molecule has 3 aliphatic carbocycles. The molecule has 0 bridgehead atoms. The van der Waals surface area contributed by atoms with Gasteiger partial charge in [-0.1, -0.05) is 30.3 Å². The van der Waals surface area contributed by atoms with Crippen LogP contribution in [0.2, 0.25) is 0 Å². The Hall–Kier alpha value is -3.68. The minimum Gasteiger partial charge on any atom is -0.502 e. The van der Waals surface area contributed by atoms with Crippen LogP contribution >= 0.6 is 0 Å². The molecular weight excluding hydrogens is 452 g/mol. The Morgan fingerprint density at radius 1 is 0.971 bits per heavy atom. The molecule has 1 amide bonds. The van der Waals surface area contributed by atoms with E-state index >= 15 is 4.39 Å². The molecule has 35 heavy (non-hydrogen) atoms. The first-order valence-corrected chi connectivity index (χ1v) is 12.0. The van der Waals surface area contributed by atoms with Crippen molar-refractivity contribution in [1.29, 1.82) is 0 Å². The highest BCUT2D eigenvalue weighted by Gasteiger charge is 2.59. The average molecular weight is 475 g/mol. The van der Waals surface area contributed by atoms with E-state index < -0.39 is 28.4 Å². The normalized spacial score (nSPS) is 24.6. The number of carbonyl (C=O) groups excluding carboxylic acids is 1. The molecule has 2 heterocycles. The van der Waals surface area contributed by atoms with Crippen molar-refractivity contribution >= 4 is 5.91 Å². The summed E-state index contributed by atoms with van der Waals surface area (Å²) in [5, 5.41) is 12.7. The van der Waals surface area contributed by atoms with E-state index in [0.717, 1.165) is 30.4 Å². The molecule has 0 radical (unpaired) electrons. The number of carbonyl (C=O) groups is 1. The minimum atomic E-state index is -0.889. The van der Waals surface area contributed by atoms with Crippen molar-refractivity contribution in [3.05, 3.63) is 98.5 Å². The highest BCUT2D eigenvalue weighted by molar-refractivity contribution is 5.96. The number of rotatable bonds is 2. The standard InChI is InChI=1S/C27H23F2N3O3/c28-21-9-8-20-18(23(21)29)13-16-12-15-4-1-2-7-19(15)27(16,20)32-14-30(17-5-3-6-17)26(35)24-25(34)22(33)10-11-31(24)32/h1-2,4,7-11,16-17,34H,3,5-6,12-14H2. The molecule has 1 saturated carbocycles. The van der Waals surface area contributed by atoms with Gasteiger partial charge in [-0.05, 0) is 60.4 Å². The predicted molar refractivity (Wildman–Crippen MR) is 124 cm³/mol. The quantitative estimate of drug-likeness (QED) is 0.617. The van der Waals surface area contributed by atoms with Gasteiger partial charge in [0, 0.05) is 24.2 Å². The SMILES string of the molecule is O=C1c2c(O)c(=O)ccn2N(C23c4ccccc4CC2Cc2c3ccc(F)c2F)CN1C1CCC1. The van der Waals surface area contributed by atoms with E-state index in [1.807, 2.05) is 23.2 Å². The lowest BCUT2D eigenvalue weighted by atomic mass is 9.81. The molecule has 7 rings (SSSR count). The molecule has 1 N–H and O–H groups in total. The Morgan fingerprint density at radius 2 is 1.77 bits per heavy atom. The fraction of sp³-hybridized carbons (Fsp3) is 0.333. The monoisotopic (exact) mass is 475 g/mol. The zero-order valence-corrected chi connectivity index (χ0v) is 18.9. The molecule has 178 valence electrons. The zero-order chi connectivity index (χ0) is 24.1. The van der Waals surface area contributed by atoms with Crippen LogP contribution < -0.4 is 10.4 Å². The van der Waals surface area contributed by atoms with E-state index in [2.05, 4.69) is 6.07 Å². The zero-order valence-electron chi connectivity index (χ0n) is 18.9. The van der Waals surface area contributed by atoms with Crippen LogP contribution in [-0.2, 0) is 18.4 Å². The number of pyridine rings is 1. The van der Waals surface area contributed by atoms with E-state index in [-0.39, 0.29) is 30.2 Å². The van der Waals surface area contributed by atoms with Crippen LogP contribution in [-0.4, -0.2) is 33.3 Å². The molecule has 1 aliphatic heterocycles. The number of hydrogen-bond donors (Lipinski definition) is 1. The summed E-state index contributed by atoms with van der Waals surface area (Å²) in [4.78, 5) is 27.6. The Labute approximate surface area is 200 Å².